The zero-order chi connectivity index (χ0) is 22.6. The fourth-order valence-corrected chi connectivity index (χ4v) is 5.60. The van der Waals surface area contributed by atoms with E-state index >= 15 is 0 Å². The van der Waals surface area contributed by atoms with E-state index in [1.807, 2.05) is 0 Å². The molecule has 0 atom stereocenters. The Morgan fingerprint density at radius 3 is 2.45 bits per heavy atom. The topological polar surface area (TPSA) is 139 Å². The van der Waals surface area contributed by atoms with Crippen LogP contribution in [-0.2, 0) is 29.6 Å². The summed E-state index contributed by atoms with van der Waals surface area (Å²) in [5, 5.41) is 8.56. The van der Waals surface area contributed by atoms with Crippen LogP contribution < -0.4 is 9.46 Å². The Morgan fingerprint density at radius 1 is 1.10 bits per heavy atom. The Morgan fingerprint density at radius 2 is 1.81 bits per heavy atom. The average molecular weight is 491 g/mol. The summed E-state index contributed by atoms with van der Waals surface area (Å²) in [6, 6.07) is 9.00. The van der Waals surface area contributed by atoms with Gasteiger partial charge >= 0.3 is 5.97 Å². The molecule has 0 unspecified atom stereocenters. The maximum absolute atomic E-state index is 12.8. The smallest absolute Gasteiger partial charge is 0.341 e. The van der Waals surface area contributed by atoms with Crippen LogP contribution in [0, 0.1) is 0 Å². The zero-order valence-electron chi connectivity index (χ0n) is 16.0. The molecule has 2 N–H and O–H groups in total. The minimum absolute atomic E-state index is 0.0154. The molecule has 1 fully saturated rings. The van der Waals surface area contributed by atoms with Crippen LogP contribution in [0.4, 0.5) is 5.69 Å². The number of hydrogen-bond acceptors (Lipinski definition) is 7. The van der Waals surface area contributed by atoms with Crippen LogP contribution in [-0.4, -0.2) is 65.1 Å². The van der Waals surface area contributed by atoms with Crippen LogP contribution in [0.2, 0.25) is 5.02 Å². The number of carbonyl (C=O) groups is 1. The quantitative estimate of drug-likeness (QED) is 0.569. The van der Waals surface area contributed by atoms with Gasteiger partial charge in [-0.15, -0.1) is 0 Å². The lowest BCUT2D eigenvalue weighted by Crippen LogP contribution is -2.40. The number of nitrogens with zero attached hydrogens (tertiary/aromatic N) is 1. The highest BCUT2D eigenvalue weighted by molar-refractivity contribution is 7.92. The van der Waals surface area contributed by atoms with E-state index in [-0.39, 0.29) is 39.3 Å². The van der Waals surface area contributed by atoms with Gasteiger partial charge in [-0.1, -0.05) is 17.7 Å². The predicted molar refractivity (Wildman–Crippen MR) is 111 cm³/mol. The van der Waals surface area contributed by atoms with Crippen LogP contribution in [0.15, 0.2) is 52.3 Å². The number of ether oxygens (including phenoxy) is 2. The number of nitrogens with one attached hydrogen (secondary N) is 1. The van der Waals surface area contributed by atoms with Gasteiger partial charge < -0.3 is 14.6 Å². The summed E-state index contributed by atoms with van der Waals surface area (Å²) in [6.07, 6.45) is 0. The van der Waals surface area contributed by atoms with Crippen molar-refractivity contribution in [3.05, 3.63) is 47.5 Å². The number of halogens is 1. The molecule has 0 bridgehead atoms. The largest absolute Gasteiger partial charge is 0.480 e. The van der Waals surface area contributed by atoms with Gasteiger partial charge in [0.15, 0.2) is 6.61 Å². The highest BCUT2D eigenvalue weighted by Crippen LogP contribution is 2.29. The van der Waals surface area contributed by atoms with Crippen LogP contribution in [0.1, 0.15) is 0 Å². The number of sulfonamides is 2. The maximum Gasteiger partial charge on any atom is 0.341 e. The number of carboxylic acid groups (broad SMARTS) is 1. The lowest BCUT2D eigenvalue weighted by molar-refractivity contribution is -0.139. The van der Waals surface area contributed by atoms with E-state index in [9.17, 15) is 21.6 Å². The Hall–Kier alpha value is -2.38. The number of anilines is 1. The standard InChI is InChI=1S/C18H19ClN2O8S2/c19-16-11-14(4-5-17(16)29-12-18(22)23)30(24,25)20-13-2-1-3-15(10-13)31(26,27)21-6-8-28-9-7-21/h1-5,10-11,20H,6-9,12H2,(H,22,23). The molecule has 0 amide bonds. The molecule has 0 radical (unpaired) electrons. The number of carboxylic acids is 1. The molecule has 168 valence electrons. The van der Waals surface area contributed by atoms with Crippen molar-refractivity contribution in [2.75, 3.05) is 37.6 Å². The molecular weight excluding hydrogens is 472 g/mol. The van der Waals surface area contributed by atoms with Crippen molar-refractivity contribution in [2.24, 2.45) is 0 Å². The van der Waals surface area contributed by atoms with Gasteiger partial charge in [-0.3, -0.25) is 4.72 Å². The van der Waals surface area contributed by atoms with E-state index in [0.29, 0.717) is 13.2 Å². The molecular formula is C18H19ClN2O8S2. The summed E-state index contributed by atoms with van der Waals surface area (Å²) >= 11 is 5.99. The van der Waals surface area contributed by atoms with Crippen molar-refractivity contribution in [2.45, 2.75) is 9.79 Å². The number of hydrogen-bond donors (Lipinski definition) is 2. The molecule has 1 aliphatic heterocycles. The molecule has 0 saturated carbocycles. The Bertz CT molecular complexity index is 1180. The molecule has 0 spiro atoms. The monoisotopic (exact) mass is 490 g/mol. The average Bonchev–Trinajstić information content (AvgIpc) is 2.73. The minimum atomic E-state index is -4.11. The predicted octanol–water partition coefficient (Wildman–Crippen LogP) is 1.63. The van der Waals surface area contributed by atoms with Gasteiger partial charge in [-0.2, -0.15) is 4.31 Å². The molecule has 2 aromatic carbocycles. The normalized spacial score (nSPS) is 15.4. The van der Waals surface area contributed by atoms with E-state index in [1.54, 1.807) is 0 Å². The number of aliphatic carboxylic acids is 1. The van der Waals surface area contributed by atoms with Crippen LogP contribution >= 0.6 is 11.6 Å². The third kappa shape index (κ3) is 5.66. The van der Waals surface area contributed by atoms with Gasteiger partial charge in [-0.05, 0) is 36.4 Å². The molecule has 13 heteroatoms. The first-order valence-corrected chi connectivity index (χ1v) is 12.2. The van der Waals surface area contributed by atoms with Gasteiger partial charge in [0.25, 0.3) is 10.0 Å². The van der Waals surface area contributed by atoms with Gasteiger partial charge in [0.2, 0.25) is 10.0 Å². The number of rotatable bonds is 8. The fourth-order valence-electron chi connectivity index (χ4n) is 2.78. The van der Waals surface area contributed by atoms with Crippen molar-refractivity contribution in [1.29, 1.82) is 0 Å². The van der Waals surface area contributed by atoms with E-state index in [0.717, 1.165) is 6.07 Å². The second kappa shape index (κ2) is 9.40. The summed E-state index contributed by atoms with van der Waals surface area (Å²) in [5.74, 6) is -1.19. The van der Waals surface area contributed by atoms with E-state index in [4.69, 9.17) is 26.2 Å². The van der Waals surface area contributed by atoms with Crippen LogP contribution in [0.25, 0.3) is 0 Å². The van der Waals surface area contributed by atoms with Gasteiger partial charge in [0.1, 0.15) is 5.75 Å². The summed E-state index contributed by atoms with van der Waals surface area (Å²) in [4.78, 5) is 10.3. The zero-order valence-corrected chi connectivity index (χ0v) is 18.4. The third-order valence-corrected chi connectivity index (χ3v) is 7.83. The molecule has 31 heavy (non-hydrogen) atoms. The Kier molecular flexibility index (Phi) is 7.06. The molecule has 0 aliphatic carbocycles. The summed E-state index contributed by atoms with van der Waals surface area (Å²) in [6.45, 7) is 0.381. The lowest BCUT2D eigenvalue weighted by atomic mass is 10.3. The first-order chi connectivity index (χ1) is 14.6. The van der Waals surface area contributed by atoms with E-state index in [1.165, 1.54) is 40.7 Å². The first kappa shape index (κ1) is 23.3. The maximum atomic E-state index is 12.8. The summed E-state index contributed by atoms with van der Waals surface area (Å²) < 4.78 is 64.7. The second-order valence-corrected chi connectivity index (χ2v) is 10.5. The van der Waals surface area contributed by atoms with Crippen molar-refractivity contribution < 1.29 is 36.2 Å². The summed E-state index contributed by atoms with van der Waals surface area (Å²) in [7, 11) is -7.90. The molecule has 10 nitrogen and oxygen atoms in total. The molecule has 1 saturated heterocycles. The van der Waals surface area contributed by atoms with Gasteiger partial charge in [-0.25, -0.2) is 21.6 Å². The number of benzene rings is 2. The van der Waals surface area contributed by atoms with Gasteiger partial charge in [0, 0.05) is 13.1 Å². The minimum Gasteiger partial charge on any atom is -0.480 e. The molecule has 2 aromatic rings. The van der Waals surface area contributed by atoms with E-state index < -0.39 is 32.6 Å². The van der Waals surface area contributed by atoms with Crippen molar-refractivity contribution >= 4 is 43.3 Å². The third-order valence-electron chi connectivity index (χ3n) is 4.26. The van der Waals surface area contributed by atoms with Gasteiger partial charge in [0.05, 0.1) is 33.7 Å². The molecule has 1 aliphatic rings. The van der Waals surface area contributed by atoms with Crippen molar-refractivity contribution in [3.63, 3.8) is 0 Å². The molecule has 3 rings (SSSR count). The lowest BCUT2D eigenvalue weighted by Gasteiger charge is -2.26. The SMILES string of the molecule is O=C(O)COc1ccc(S(=O)(=O)Nc2cccc(S(=O)(=O)N3CCOCC3)c2)cc1Cl. The van der Waals surface area contributed by atoms with Crippen LogP contribution in [0.5, 0.6) is 5.75 Å². The van der Waals surface area contributed by atoms with Crippen molar-refractivity contribution in [1.82, 2.24) is 4.31 Å². The highest BCUT2D eigenvalue weighted by Gasteiger charge is 2.27. The second-order valence-electron chi connectivity index (χ2n) is 6.42. The summed E-state index contributed by atoms with van der Waals surface area (Å²) in [5.41, 5.74) is 0.0525. The number of morpholine rings is 1. The molecule has 1 heterocycles. The van der Waals surface area contributed by atoms with Crippen molar-refractivity contribution in [3.8, 4) is 5.75 Å². The first-order valence-electron chi connectivity index (χ1n) is 8.94. The molecule has 0 aromatic heterocycles. The highest BCUT2D eigenvalue weighted by atomic mass is 35.5. The van der Waals surface area contributed by atoms with E-state index in [2.05, 4.69) is 4.72 Å². The Balaban J connectivity index is 1.81. The van der Waals surface area contributed by atoms with Crippen LogP contribution in [0.3, 0.4) is 0 Å². The fraction of sp³-hybridized carbons (Fsp3) is 0.278. The Labute approximate surface area is 184 Å².